The molecule has 0 heterocycles. The summed E-state index contributed by atoms with van der Waals surface area (Å²) in [5.41, 5.74) is 2.39. The second-order valence-corrected chi connectivity index (χ2v) is 8.74. The van der Waals surface area contributed by atoms with E-state index in [1.165, 1.54) is 11.4 Å². The van der Waals surface area contributed by atoms with Crippen molar-refractivity contribution in [1.82, 2.24) is 5.32 Å². The predicted molar refractivity (Wildman–Crippen MR) is 114 cm³/mol. The summed E-state index contributed by atoms with van der Waals surface area (Å²) in [5.74, 6) is 0.934. The van der Waals surface area contributed by atoms with Crippen LogP contribution >= 0.6 is 0 Å². The molecule has 1 amide bonds. The lowest BCUT2D eigenvalue weighted by Gasteiger charge is -2.22. The summed E-state index contributed by atoms with van der Waals surface area (Å²) in [5, 5.41) is 3.03. The molecule has 2 rings (SSSR count). The molecule has 0 aliphatic heterocycles. The molecule has 0 fully saturated rings. The highest BCUT2D eigenvalue weighted by Gasteiger charge is 2.21. The number of anilines is 1. The Kier molecular flexibility index (Phi) is 7.13. The first-order chi connectivity index (χ1) is 13.6. The van der Waals surface area contributed by atoms with E-state index in [-0.39, 0.29) is 11.9 Å². The van der Waals surface area contributed by atoms with Crippen molar-refractivity contribution in [2.75, 3.05) is 31.8 Å². The lowest BCUT2D eigenvalue weighted by Crippen LogP contribution is -2.30. The van der Waals surface area contributed by atoms with Crippen molar-refractivity contribution < 1.29 is 22.7 Å². The van der Waals surface area contributed by atoms with Crippen molar-refractivity contribution in [3.05, 3.63) is 53.1 Å². The maximum Gasteiger partial charge on any atom is 0.252 e. The number of methoxy groups -OCH3 is 2. The molecule has 0 aliphatic rings. The van der Waals surface area contributed by atoms with Gasteiger partial charge in [-0.25, -0.2) is 8.42 Å². The van der Waals surface area contributed by atoms with Crippen LogP contribution in [0.4, 0.5) is 5.69 Å². The molecule has 1 atom stereocenters. The average Bonchev–Trinajstić information content (AvgIpc) is 2.70. The van der Waals surface area contributed by atoms with E-state index in [4.69, 9.17) is 9.47 Å². The van der Waals surface area contributed by atoms with Gasteiger partial charge in [-0.1, -0.05) is 19.1 Å². The van der Waals surface area contributed by atoms with Crippen molar-refractivity contribution in [1.29, 1.82) is 0 Å². The van der Waals surface area contributed by atoms with Gasteiger partial charge in [0.25, 0.3) is 5.91 Å². The summed E-state index contributed by atoms with van der Waals surface area (Å²) in [4.78, 5) is 13.0. The molecular formula is C21H28N2O5S. The van der Waals surface area contributed by atoms with Crippen LogP contribution in [-0.4, -0.2) is 41.8 Å². The van der Waals surface area contributed by atoms with Crippen LogP contribution in [-0.2, 0) is 10.0 Å². The number of rotatable bonds is 8. The molecule has 29 heavy (non-hydrogen) atoms. The zero-order valence-corrected chi connectivity index (χ0v) is 18.5. The smallest absolute Gasteiger partial charge is 0.252 e. The minimum absolute atomic E-state index is 0.238. The van der Waals surface area contributed by atoms with Crippen molar-refractivity contribution in [2.24, 2.45) is 0 Å². The summed E-state index contributed by atoms with van der Waals surface area (Å²) in [6.45, 7) is 3.71. The highest BCUT2D eigenvalue weighted by molar-refractivity contribution is 7.92. The van der Waals surface area contributed by atoms with Crippen LogP contribution in [0.1, 0.15) is 40.9 Å². The number of amides is 1. The Balaban J connectivity index is 2.33. The van der Waals surface area contributed by atoms with Crippen LogP contribution in [0.5, 0.6) is 11.5 Å². The Hall–Kier alpha value is -2.74. The summed E-state index contributed by atoms with van der Waals surface area (Å²) in [6, 6.07) is 10.3. The van der Waals surface area contributed by atoms with Crippen LogP contribution in [0, 0.1) is 6.92 Å². The zero-order valence-electron chi connectivity index (χ0n) is 17.6. The monoisotopic (exact) mass is 420 g/mol. The number of carbonyl (C=O) groups is 1. The van der Waals surface area contributed by atoms with E-state index in [1.807, 2.05) is 19.1 Å². The summed E-state index contributed by atoms with van der Waals surface area (Å²) in [6.07, 6.45) is 1.80. The number of hydrogen-bond acceptors (Lipinski definition) is 5. The molecule has 0 unspecified atom stereocenters. The lowest BCUT2D eigenvalue weighted by atomic mass is 10.0. The fourth-order valence-corrected chi connectivity index (χ4v) is 3.67. The fourth-order valence-electron chi connectivity index (χ4n) is 3.12. The van der Waals surface area contributed by atoms with Crippen LogP contribution in [0.3, 0.4) is 0 Å². The highest BCUT2D eigenvalue weighted by Crippen LogP contribution is 2.31. The van der Waals surface area contributed by atoms with Crippen molar-refractivity contribution >= 4 is 21.6 Å². The Labute approximate surface area is 172 Å². The third-order valence-corrected chi connectivity index (χ3v) is 6.10. The van der Waals surface area contributed by atoms with Gasteiger partial charge in [-0.2, -0.15) is 0 Å². The molecule has 0 bridgehead atoms. The number of hydrogen-bond donors (Lipinski definition) is 1. The first kappa shape index (κ1) is 22.5. The SMILES string of the molecule is CC[C@H](NC(=O)c1cccc(N(C)S(C)(=O)=O)c1C)c1ccc(OC)c(OC)c1. The Morgan fingerprint density at radius 2 is 1.79 bits per heavy atom. The van der Waals surface area contributed by atoms with E-state index in [0.717, 1.165) is 11.8 Å². The number of carbonyl (C=O) groups excluding carboxylic acids is 1. The number of ether oxygens (including phenoxy) is 2. The minimum Gasteiger partial charge on any atom is -0.493 e. The first-order valence-electron chi connectivity index (χ1n) is 9.20. The topological polar surface area (TPSA) is 84.9 Å². The molecule has 0 radical (unpaired) electrons. The fraction of sp³-hybridized carbons (Fsp3) is 0.381. The number of benzene rings is 2. The standard InChI is InChI=1S/C21H28N2O5S/c1-7-17(15-11-12-19(27-4)20(13-15)28-5)22-21(24)16-9-8-10-18(14(16)2)23(3)29(6,25)26/h8-13,17H,7H2,1-6H3,(H,22,24)/t17-/m0/s1. The summed E-state index contributed by atoms with van der Waals surface area (Å²) in [7, 11) is 1.17. The van der Waals surface area contributed by atoms with E-state index in [2.05, 4.69) is 5.32 Å². The molecule has 7 nitrogen and oxygen atoms in total. The van der Waals surface area contributed by atoms with Gasteiger partial charge in [-0.15, -0.1) is 0 Å². The van der Waals surface area contributed by atoms with Crippen molar-refractivity contribution in [2.45, 2.75) is 26.3 Å². The first-order valence-corrected chi connectivity index (χ1v) is 11.0. The Morgan fingerprint density at radius 3 is 2.34 bits per heavy atom. The molecule has 0 spiro atoms. The second kappa shape index (κ2) is 9.17. The van der Waals surface area contributed by atoms with Gasteiger partial charge in [0.2, 0.25) is 10.0 Å². The molecule has 2 aromatic carbocycles. The van der Waals surface area contributed by atoms with E-state index in [9.17, 15) is 13.2 Å². The van der Waals surface area contributed by atoms with Gasteiger partial charge < -0.3 is 14.8 Å². The number of sulfonamides is 1. The van der Waals surface area contributed by atoms with Gasteiger partial charge in [0.1, 0.15) is 0 Å². The molecule has 0 saturated carbocycles. The van der Waals surface area contributed by atoms with Crippen LogP contribution in [0.2, 0.25) is 0 Å². The van der Waals surface area contributed by atoms with Crippen LogP contribution in [0.25, 0.3) is 0 Å². The van der Waals surface area contributed by atoms with Gasteiger partial charge in [-0.05, 0) is 48.7 Å². The van der Waals surface area contributed by atoms with E-state index < -0.39 is 10.0 Å². The van der Waals surface area contributed by atoms with E-state index in [0.29, 0.717) is 34.7 Å². The lowest BCUT2D eigenvalue weighted by molar-refractivity contribution is 0.0935. The van der Waals surface area contributed by atoms with Gasteiger partial charge in [0.05, 0.1) is 32.2 Å². The maximum atomic E-state index is 13.0. The van der Waals surface area contributed by atoms with Gasteiger partial charge in [0, 0.05) is 12.6 Å². The van der Waals surface area contributed by atoms with Crippen molar-refractivity contribution in [3.8, 4) is 11.5 Å². The average molecular weight is 421 g/mol. The Bertz CT molecular complexity index is 989. The van der Waals surface area contributed by atoms with Gasteiger partial charge in [-0.3, -0.25) is 9.10 Å². The second-order valence-electron chi connectivity index (χ2n) is 6.73. The molecule has 0 saturated heterocycles. The molecule has 0 aromatic heterocycles. The zero-order chi connectivity index (χ0) is 21.8. The maximum absolute atomic E-state index is 13.0. The Morgan fingerprint density at radius 1 is 1.14 bits per heavy atom. The van der Waals surface area contributed by atoms with Crippen molar-refractivity contribution in [3.63, 3.8) is 0 Å². The van der Waals surface area contributed by atoms with Gasteiger partial charge >= 0.3 is 0 Å². The molecule has 0 aliphatic carbocycles. The highest BCUT2D eigenvalue weighted by atomic mass is 32.2. The van der Waals surface area contributed by atoms with Gasteiger partial charge in [0.15, 0.2) is 11.5 Å². The number of nitrogens with one attached hydrogen (secondary N) is 1. The van der Waals surface area contributed by atoms with E-state index in [1.54, 1.807) is 45.4 Å². The third kappa shape index (κ3) is 5.00. The largest absolute Gasteiger partial charge is 0.493 e. The molecule has 2 aromatic rings. The molecule has 8 heteroatoms. The molecule has 158 valence electrons. The molecular weight excluding hydrogens is 392 g/mol. The van der Waals surface area contributed by atoms with E-state index >= 15 is 0 Å². The number of nitrogens with zero attached hydrogens (tertiary/aromatic N) is 1. The minimum atomic E-state index is -3.43. The predicted octanol–water partition coefficient (Wildman–Crippen LogP) is 3.29. The van der Waals surface area contributed by atoms with Crippen LogP contribution < -0.4 is 19.1 Å². The normalized spacial score (nSPS) is 12.2. The molecule has 1 N–H and O–H groups in total. The summed E-state index contributed by atoms with van der Waals surface area (Å²) < 4.78 is 35.6. The third-order valence-electron chi connectivity index (χ3n) is 4.91. The summed E-state index contributed by atoms with van der Waals surface area (Å²) >= 11 is 0. The quantitative estimate of drug-likeness (QED) is 0.708. The van der Waals surface area contributed by atoms with Crippen LogP contribution in [0.15, 0.2) is 36.4 Å².